The number of nitrogens with zero attached hydrogens (tertiary/aromatic N) is 2. The van der Waals surface area contributed by atoms with Gasteiger partial charge >= 0.3 is 0 Å². The summed E-state index contributed by atoms with van der Waals surface area (Å²) >= 11 is 6.60. The van der Waals surface area contributed by atoms with Crippen LogP contribution in [0.4, 0.5) is 0 Å². The fourth-order valence-corrected chi connectivity index (χ4v) is 4.46. The zero-order valence-electron chi connectivity index (χ0n) is 17.8. The number of carbonyl (C=O) groups is 2. The summed E-state index contributed by atoms with van der Waals surface area (Å²) in [5.41, 5.74) is 9.32. The molecule has 1 aromatic heterocycles. The molecule has 0 fully saturated rings. The molecule has 32 heavy (non-hydrogen) atoms. The minimum atomic E-state index is -0.594. The molecular formula is C25H24ClN3O3. The van der Waals surface area contributed by atoms with Crippen LogP contribution in [0.25, 0.3) is 11.3 Å². The van der Waals surface area contributed by atoms with Crippen molar-refractivity contribution in [2.45, 2.75) is 19.5 Å². The van der Waals surface area contributed by atoms with Crippen molar-refractivity contribution in [2.24, 2.45) is 5.73 Å². The van der Waals surface area contributed by atoms with Crippen LogP contribution in [0.2, 0.25) is 5.02 Å². The van der Waals surface area contributed by atoms with E-state index in [1.807, 2.05) is 65.2 Å². The lowest BCUT2D eigenvalue weighted by atomic mass is 10.1. The average Bonchev–Trinajstić information content (AvgIpc) is 3.10. The van der Waals surface area contributed by atoms with E-state index in [0.29, 0.717) is 30.2 Å². The molecule has 6 nitrogen and oxygen atoms in total. The first-order chi connectivity index (χ1) is 15.5. The second-order valence-electron chi connectivity index (χ2n) is 7.58. The predicted molar refractivity (Wildman–Crippen MR) is 125 cm³/mol. The smallest absolute Gasteiger partial charge is 0.252 e. The molecule has 1 aliphatic heterocycles. The molecule has 2 heterocycles. The monoisotopic (exact) mass is 449 g/mol. The van der Waals surface area contributed by atoms with E-state index < -0.39 is 5.91 Å². The van der Waals surface area contributed by atoms with Crippen molar-refractivity contribution < 1.29 is 14.3 Å². The van der Waals surface area contributed by atoms with Gasteiger partial charge in [0.1, 0.15) is 5.75 Å². The van der Waals surface area contributed by atoms with Crippen LogP contribution in [0, 0.1) is 0 Å². The summed E-state index contributed by atoms with van der Waals surface area (Å²) in [6, 6.07) is 17.4. The maximum absolute atomic E-state index is 12.8. The van der Waals surface area contributed by atoms with E-state index in [-0.39, 0.29) is 18.0 Å². The summed E-state index contributed by atoms with van der Waals surface area (Å²) in [7, 11) is 1.63. The Balaban J connectivity index is 1.55. The van der Waals surface area contributed by atoms with Crippen LogP contribution in [0.5, 0.6) is 5.75 Å². The third kappa shape index (κ3) is 4.27. The second-order valence-corrected chi connectivity index (χ2v) is 7.96. The van der Waals surface area contributed by atoms with Gasteiger partial charge < -0.3 is 19.9 Å². The highest BCUT2D eigenvalue weighted by molar-refractivity contribution is 6.36. The van der Waals surface area contributed by atoms with E-state index in [9.17, 15) is 9.59 Å². The summed E-state index contributed by atoms with van der Waals surface area (Å²) in [5, 5.41) is 0.335. The van der Waals surface area contributed by atoms with Crippen LogP contribution in [0.3, 0.4) is 0 Å². The summed E-state index contributed by atoms with van der Waals surface area (Å²) in [5.74, 6) is 0.0704. The number of carbonyl (C=O) groups excluding carboxylic acids is 2. The first-order valence-electron chi connectivity index (χ1n) is 10.3. The average molecular weight is 450 g/mol. The second kappa shape index (κ2) is 9.32. The Bertz CT molecular complexity index is 1180. The van der Waals surface area contributed by atoms with Gasteiger partial charge in [0.25, 0.3) is 5.91 Å². The number of rotatable bonds is 6. The third-order valence-electron chi connectivity index (χ3n) is 5.60. The molecule has 0 saturated heterocycles. The lowest BCUT2D eigenvalue weighted by Gasteiger charge is -2.29. The molecule has 4 rings (SSSR count). The van der Waals surface area contributed by atoms with Crippen LogP contribution in [-0.4, -0.2) is 34.9 Å². The minimum absolute atomic E-state index is 0.117. The van der Waals surface area contributed by atoms with E-state index in [1.165, 1.54) is 0 Å². The molecule has 2 aromatic carbocycles. The number of benzene rings is 2. The van der Waals surface area contributed by atoms with Gasteiger partial charge in [-0.25, -0.2) is 0 Å². The van der Waals surface area contributed by atoms with Gasteiger partial charge in [0.05, 0.1) is 35.6 Å². The van der Waals surface area contributed by atoms with Crippen molar-refractivity contribution in [3.8, 4) is 17.0 Å². The van der Waals surface area contributed by atoms with E-state index in [2.05, 4.69) is 0 Å². The predicted octanol–water partition coefficient (Wildman–Crippen LogP) is 4.06. The maximum Gasteiger partial charge on any atom is 0.252 e. The van der Waals surface area contributed by atoms with Crippen LogP contribution in [0.1, 0.15) is 21.6 Å². The van der Waals surface area contributed by atoms with Crippen molar-refractivity contribution in [1.29, 1.82) is 0 Å². The van der Waals surface area contributed by atoms with Crippen molar-refractivity contribution in [3.63, 3.8) is 0 Å². The molecule has 2 N–H and O–H groups in total. The van der Waals surface area contributed by atoms with Crippen LogP contribution in [-0.2, 0) is 24.3 Å². The molecule has 164 valence electrons. The van der Waals surface area contributed by atoms with Gasteiger partial charge in [-0.15, -0.1) is 0 Å². The van der Waals surface area contributed by atoms with E-state index in [1.54, 1.807) is 18.1 Å². The minimum Gasteiger partial charge on any atom is -0.497 e. The number of hydrogen-bond donors (Lipinski definition) is 1. The van der Waals surface area contributed by atoms with E-state index >= 15 is 0 Å². The van der Waals surface area contributed by atoms with Crippen LogP contribution in [0.15, 0.2) is 66.7 Å². The number of ether oxygens (including phenoxy) is 1. The van der Waals surface area contributed by atoms with Crippen molar-refractivity contribution in [3.05, 3.63) is 88.6 Å². The first-order valence-corrected chi connectivity index (χ1v) is 10.7. The highest BCUT2D eigenvalue weighted by Crippen LogP contribution is 2.37. The standard InChI is InChI=1S/C25H24ClN3O3/c1-32-19-11-5-7-17(15-19)8-6-12-21(30)28-13-14-29-20(16-28)22(25(27)31)23(26)24(29)18-9-3-2-4-10-18/h2-7,9-12,15H,8,13-14,16H2,1H3,(H2,27,31)/b12-6+. The zero-order chi connectivity index (χ0) is 22.7. The van der Waals surface area contributed by atoms with Gasteiger partial charge in [0.2, 0.25) is 5.91 Å². The Morgan fingerprint density at radius 2 is 1.91 bits per heavy atom. The van der Waals surface area contributed by atoms with Gasteiger partial charge in [-0.1, -0.05) is 60.1 Å². The normalized spacial score (nSPS) is 13.2. The number of amides is 2. The highest BCUT2D eigenvalue weighted by atomic mass is 35.5. The van der Waals surface area contributed by atoms with E-state index in [0.717, 1.165) is 22.6 Å². The van der Waals surface area contributed by atoms with Crippen LogP contribution < -0.4 is 10.5 Å². The quantitative estimate of drug-likeness (QED) is 0.576. The van der Waals surface area contributed by atoms with E-state index in [4.69, 9.17) is 22.1 Å². The number of primary amides is 1. The Labute approximate surface area is 191 Å². The SMILES string of the molecule is COc1cccc(C/C=C/C(=O)N2CCn3c(c(C(N)=O)c(Cl)c3-c3ccccc3)C2)c1. The molecule has 0 saturated carbocycles. The van der Waals surface area contributed by atoms with Crippen molar-refractivity contribution in [1.82, 2.24) is 9.47 Å². The molecule has 3 aromatic rings. The van der Waals surface area contributed by atoms with Crippen molar-refractivity contribution >= 4 is 23.4 Å². The molecule has 0 aliphatic carbocycles. The number of halogens is 1. The van der Waals surface area contributed by atoms with Gasteiger partial charge in [-0.3, -0.25) is 9.59 Å². The number of hydrogen-bond acceptors (Lipinski definition) is 3. The molecule has 7 heteroatoms. The number of allylic oxidation sites excluding steroid dienone is 1. The van der Waals surface area contributed by atoms with Crippen LogP contribution >= 0.6 is 11.6 Å². The topological polar surface area (TPSA) is 77.6 Å². The van der Waals surface area contributed by atoms with Crippen molar-refractivity contribution in [2.75, 3.05) is 13.7 Å². The van der Waals surface area contributed by atoms with Gasteiger partial charge in [-0.2, -0.15) is 0 Å². The molecule has 0 radical (unpaired) electrons. The summed E-state index contributed by atoms with van der Waals surface area (Å²) < 4.78 is 7.24. The molecular weight excluding hydrogens is 426 g/mol. The third-order valence-corrected chi connectivity index (χ3v) is 5.97. The largest absolute Gasteiger partial charge is 0.497 e. The number of nitrogens with two attached hydrogens (primary N) is 1. The summed E-state index contributed by atoms with van der Waals surface area (Å²) in [6.45, 7) is 1.31. The van der Waals surface area contributed by atoms with Gasteiger partial charge in [0.15, 0.2) is 0 Å². The van der Waals surface area contributed by atoms with Gasteiger partial charge in [-0.05, 0) is 35.8 Å². The number of methoxy groups -OCH3 is 1. The molecule has 1 aliphatic rings. The maximum atomic E-state index is 12.8. The lowest BCUT2D eigenvalue weighted by Crippen LogP contribution is -2.38. The highest BCUT2D eigenvalue weighted by Gasteiger charge is 2.30. The molecule has 0 bridgehead atoms. The van der Waals surface area contributed by atoms with Gasteiger partial charge in [0, 0.05) is 13.1 Å². The first kappa shape index (κ1) is 21.7. The number of fused-ring (bicyclic) bond motifs is 1. The lowest BCUT2D eigenvalue weighted by molar-refractivity contribution is -0.127. The molecule has 0 atom stereocenters. The molecule has 2 amide bonds. The zero-order valence-corrected chi connectivity index (χ0v) is 18.5. The molecule has 0 unspecified atom stereocenters. The Kier molecular flexibility index (Phi) is 6.32. The Morgan fingerprint density at radius 1 is 1.12 bits per heavy atom. The number of aromatic nitrogens is 1. The Hall–Kier alpha value is -3.51. The fraction of sp³-hybridized carbons (Fsp3) is 0.200. The Morgan fingerprint density at radius 3 is 2.62 bits per heavy atom. The summed E-state index contributed by atoms with van der Waals surface area (Å²) in [4.78, 5) is 26.7. The fourth-order valence-electron chi connectivity index (χ4n) is 4.04. The summed E-state index contributed by atoms with van der Waals surface area (Å²) in [6.07, 6.45) is 4.02. The molecule has 0 spiro atoms.